The Morgan fingerprint density at radius 1 is 0.969 bits per heavy atom. The van der Waals surface area contributed by atoms with E-state index >= 15 is 0 Å². The van der Waals surface area contributed by atoms with Gasteiger partial charge in [-0.3, -0.25) is 0 Å². The molecule has 0 amide bonds. The molecule has 1 heterocycles. The SMILES string of the molecule is COc1cc(C)ccc1OCCCCn1c(-c2ccc(Br)cc2)[nH+]c2ccccc2c1=O. The minimum absolute atomic E-state index is 0.0124. The Hall–Kier alpha value is -3.12. The van der Waals surface area contributed by atoms with Crippen LogP contribution in [-0.2, 0) is 6.54 Å². The largest absolute Gasteiger partial charge is 0.493 e. The van der Waals surface area contributed by atoms with Gasteiger partial charge in [-0.05, 0) is 73.9 Å². The third-order valence-corrected chi connectivity index (χ3v) is 5.92. The molecule has 0 saturated heterocycles. The van der Waals surface area contributed by atoms with Gasteiger partial charge in [0.05, 0.1) is 25.8 Å². The summed E-state index contributed by atoms with van der Waals surface area (Å²) in [5.74, 6) is 2.29. The van der Waals surface area contributed by atoms with E-state index in [2.05, 4.69) is 20.9 Å². The second-order valence-corrected chi connectivity index (χ2v) is 8.61. The van der Waals surface area contributed by atoms with Gasteiger partial charge in [0, 0.05) is 4.47 Å². The zero-order valence-electron chi connectivity index (χ0n) is 18.2. The number of para-hydroxylation sites is 1. The number of hydrogen-bond donors (Lipinski definition) is 0. The van der Waals surface area contributed by atoms with Crippen LogP contribution in [0, 0.1) is 6.92 Å². The van der Waals surface area contributed by atoms with Gasteiger partial charge in [0.25, 0.3) is 5.82 Å². The van der Waals surface area contributed by atoms with Gasteiger partial charge in [-0.1, -0.05) is 34.1 Å². The first kappa shape index (κ1) is 22.1. The second kappa shape index (κ2) is 10.0. The zero-order chi connectivity index (χ0) is 22.5. The quantitative estimate of drug-likeness (QED) is 0.308. The minimum atomic E-state index is 0.0124. The highest BCUT2D eigenvalue weighted by Gasteiger charge is 2.19. The molecule has 1 aromatic heterocycles. The van der Waals surface area contributed by atoms with Gasteiger partial charge in [0.15, 0.2) is 11.5 Å². The van der Waals surface area contributed by atoms with Crippen molar-refractivity contribution in [1.82, 2.24) is 4.57 Å². The molecule has 32 heavy (non-hydrogen) atoms. The summed E-state index contributed by atoms with van der Waals surface area (Å²) in [5, 5.41) is 0.689. The van der Waals surface area contributed by atoms with E-state index in [0.29, 0.717) is 18.5 Å². The molecule has 0 saturated carbocycles. The first-order valence-electron chi connectivity index (χ1n) is 10.6. The van der Waals surface area contributed by atoms with Gasteiger partial charge in [0.1, 0.15) is 10.9 Å². The number of methoxy groups -OCH3 is 1. The number of benzene rings is 3. The number of H-pyrrole nitrogens is 1. The minimum Gasteiger partial charge on any atom is -0.493 e. The van der Waals surface area contributed by atoms with E-state index in [1.165, 1.54) is 0 Å². The fraction of sp³-hybridized carbons (Fsp3) is 0.231. The molecule has 1 N–H and O–H groups in total. The third kappa shape index (κ3) is 4.86. The van der Waals surface area contributed by atoms with Crippen LogP contribution in [0.2, 0.25) is 0 Å². The van der Waals surface area contributed by atoms with Crippen LogP contribution in [0.1, 0.15) is 18.4 Å². The number of halogens is 1. The number of aryl methyl sites for hydroxylation is 1. The monoisotopic (exact) mass is 493 g/mol. The molecule has 4 rings (SSSR count). The number of hydrogen-bond acceptors (Lipinski definition) is 3. The molecule has 6 heteroatoms. The molecule has 5 nitrogen and oxygen atoms in total. The highest BCUT2D eigenvalue weighted by molar-refractivity contribution is 9.10. The van der Waals surface area contributed by atoms with Crippen molar-refractivity contribution in [2.45, 2.75) is 26.3 Å². The Kier molecular flexibility index (Phi) is 6.90. The number of nitrogens with one attached hydrogen (secondary N) is 1. The second-order valence-electron chi connectivity index (χ2n) is 7.69. The van der Waals surface area contributed by atoms with Gasteiger partial charge < -0.3 is 9.47 Å². The lowest BCUT2D eigenvalue weighted by Crippen LogP contribution is -2.30. The fourth-order valence-electron chi connectivity index (χ4n) is 3.72. The molecule has 0 aliphatic rings. The molecule has 0 unspecified atom stereocenters. The Morgan fingerprint density at radius 3 is 2.53 bits per heavy atom. The van der Waals surface area contributed by atoms with Crippen LogP contribution >= 0.6 is 15.9 Å². The molecule has 0 bridgehead atoms. The van der Waals surface area contributed by atoms with Crippen LogP contribution in [0.4, 0.5) is 0 Å². The van der Waals surface area contributed by atoms with Gasteiger partial charge in [-0.2, -0.15) is 4.57 Å². The van der Waals surface area contributed by atoms with Gasteiger partial charge in [-0.15, -0.1) is 0 Å². The summed E-state index contributed by atoms with van der Waals surface area (Å²) in [6, 6.07) is 21.5. The lowest BCUT2D eigenvalue weighted by atomic mass is 10.1. The number of ether oxygens (including phenoxy) is 2. The van der Waals surface area contributed by atoms with Crippen LogP contribution in [0.25, 0.3) is 22.3 Å². The van der Waals surface area contributed by atoms with Crippen molar-refractivity contribution in [2.24, 2.45) is 0 Å². The smallest absolute Gasteiger partial charge is 0.345 e. The molecular weight excluding hydrogens is 468 g/mol. The van der Waals surface area contributed by atoms with Gasteiger partial charge >= 0.3 is 5.56 Å². The number of nitrogens with zero attached hydrogens (tertiary/aromatic N) is 1. The van der Waals surface area contributed by atoms with Crippen molar-refractivity contribution < 1.29 is 14.5 Å². The fourth-order valence-corrected chi connectivity index (χ4v) is 3.98. The Bertz CT molecular complexity index is 1280. The predicted molar refractivity (Wildman–Crippen MR) is 130 cm³/mol. The maximum Gasteiger partial charge on any atom is 0.345 e. The standard InChI is InChI=1S/C26H25BrN2O3/c1-18-9-14-23(24(17-18)31-2)32-16-6-5-15-29-25(19-10-12-20(27)13-11-19)28-22-8-4-3-7-21(22)26(29)30/h3-4,7-14,17H,5-6,15-16H2,1-2H3/p+1. The number of aromatic nitrogens is 2. The first-order valence-corrected chi connectivity index (χ1v) is 11.4. The molecule has 0 spiro atoms. The Morgan fingerprint density at radius 2 is 1.75 bits per heavy atom. The van der Waals surface area contributed by atoms with Gasteiger partial charge in [0.2, 0.25) is 0 Å². The average molecular weight is 494 g/mol. The summed E-state index contributed by atoms with van der Waals surface area (Å²) in [5.41, 5.74) is 2.94. The lowest BCUT2D eigenvalue weighted by molar-refractivity contribution is -0.338. The average Bonchev–Trinajstić information content (AvgIpc) is 2.81. The first-order chi connectivity index (χ1) is 15.6. The number of rotatable bonds is 8. The van der Waals surface area contributed by atoms with Crippen molar-refractivity contribution in [3.63, 3.8) is 0 Å². The molecule has 164 valence electrons. The number of unbranched alkanes of at least 4 members (excludes halogenated alkanes) is 1. The summed E-state index contributed by atoms with van der Waals surface area (Å²) >= 11 is 3.48. The Labute approximate surface area is 195 Å². The number of fused-ring (bicyclic) bond motifs is 1. The van der Waals surface area contributed by atoms with Crippen LogP contribution in [0.15, 0.2) is 76.0 Å². The van der Waals surface area contributed by atoms with Crippen LogP contribution in [0.5, 0.6) is 11.5 Å². The van der Waals surface area contributed by atoms with E-state index in [1.54, 1.807) is 7.11 Å². The lowest BCUT2D eigenvalue weighted by Gasteiger charge is -2.11. The predicted octanol–water partition coefficient (Wildman–Crippen LogP) is 5.42. The van der Waals surface area contributed by atoms with Crippen molar-refractivity contribution in [3.05, 3.63) is 87.1 Å². The van der Waals surface area contributed by atoms with Crippen molar-refractivity contribution in [2.75, 3.05) is 13.7 Å². The third-order valence-electron chi connectivity index (χ3n) is 5.40. The van der Waals surface area contributed by atoms with E-state index in [4.69, 9.17) is 9.47 Å². The molecule has 4 aromatic rings. The summed E-state index contributed by atoms with van der Waals surface area (Å²) in [7, 11) is 1.65. The van der Waals surface area contributed by atoms with E-state index in [0.717, 1.165) is 51.3 Å². The molecule has 3 aromatic carbocycles. The summed E-state index contributed by atoms with van der Waals surface area (Å²) < 4.78 is 14.2. The maximum atomic E-state index is 13.3. The molecular formula is C26H26BrN2O3+. The van der Waals surface area contributed by atoms with Crippen LogP contribution in [0.3, 0.4) is 0 Å². The highest BCUT2D eigenvalue weighted by atomic mass is 79.9. The van der Waals surface area contributed by atoms with E-state index < -0.39 is 0 Å². The molecule has 0 radical (unpaired) electrons. The molecule has 0 atom stereocenters. The molecule has 0 aliphatic heterocycles. The van der Waals surface area contributed by atoms with Crippen molar-refractivity contribution in [1.29, 1.82) is 0 Å². The van der Waals surface area contributed by atoms with E-state index in [1.807, 2.05) is 78.2 Å². The maximum absolute atomic E-state index is 13.3. The molecule has 0 aliphatic carbocycles. The van der Waals surface area contributed by atoms with Crippen LogP contribution < -0.4 is 20.0 Å². The van der Waals surface area contributed by atoms with Crippen LogP contribution in [-0.4, -0.2) is 18.3 Å². The van der Waals surface area contributed by atoms with Gasteiger partial charge in [-0.25, -0.2) is 9.78 Å². The Balaban J connectivity index is 1.52. The summed E-state index contributed by atoms with van der Waals surface area (Å²) in [6.45, 7) is 3.17. The van der Waals surface area contributed by atoms with E-state index in [9.17, 15) is 4.79 Å². The normalized spacial score (nSPS) is 11.0. The van der Waals surface area contributed by atoms with E-state index in [-0.39, 0.29) is 5.56 Å². The van der Waals surface area contributed by atoms with Crippen molar-refractivity contribution >= 4 is 26.8 Å². The zero-order valence-corrected chi connectivity index (χ0v) is 19.8. The summed E-state index contributed by atoms with van der Waals surface area (Å²) in [6.07, 6.45) is 1.62. The van der Waals surface area contributed by atoms with Crippen molar-refractivity contribution in [3.8, 4) is 22.9 Å². The highest BCUT2D eigenvalue weighted by Crippen LogP contribution is 2.28. The molecule has 0 fully saturated rings. The summed E-state index contributed by atoms with van der Waals surface area (Å²) in [4.78, 5) is 16.7. The number of aromatic amines is 1. The topological polar surface area (TPSA) is 54.6 Å².